The summed E-state index contributed by atoms with van der Waals surface area (Å²) >= 11 is 0. The minimum atomic E-state index is -3.57. The van der Waals surface area contributed by atoms with Crippen molar-refractivity contribution in [2.45, 2.75) is 24.8 Å². The van der Waals surface area contributed by atoms with Gasteiger partial charge >= 0.3 is 6.03 Å². The van der Waals surface area contributed by atoms with Gasteiger partial charge in [0.25, 0.3) is 0 Å². The molecule has 1 unspecified atom stereocenters. The molecule has 128 valence electrons. The Hall–Kier alpha value is -2.45. The first kappa shape index (κ1) is 17.9. The Labute approximate surface area is 141 Å². The topological polar surface area (TPSA) is 100 Å². The van der Waals surface area contributed by atoms with Crippen molar-refractivity contribution in [3.8, 4) is 0 Å². The average molecular weight is 348 g/mol. The summed E-state index contributed by atoms with van der Waals surface area (Å²) in [6.07, 6.45) is 3.31. The lowest BCUT2D eigenvalue weighted by Crippen LogP contribution is -2.31. The highest BCUT2D eigenvalue weighted by Gasteiger charge is 2.15. The summed E-state index contributed by atoms with van der Waals surface area (Å²) in [4.78, 5) is 16.2. The van der Waals surface area contributed by atoms with Crippen LogP contribution in [-0.4, -0.2) is 26.5 Å². The number of carbonyl (C=O) groups excluding carboxylic acids is 1. The standard InChI is InChI=1S/C16H20N4O3S/c1-11-4-5-14(24(22,23)17-3)10-15(11)20-16(21)19-12(2)13-6-8-18-9-7-13/h4-10,12,17H,1-3H3,(H2,19,20,21). The van der Waals surface area contributed by atoms with Gasteiger partial charge < -0.3 is 10.6 Å². The highest BCUT2D eigenvalue weighted by molar-refractivity contribution is 7.89. The molecule has 0 fully saturated rings. The van der Waals surface area contributed by atoms with Crippen LogP contribution < -0.4 is 15.4 Å². The minimum absolute atomic E-state index is 0.0908. The molecular formula is C16H20N4O3S. The van der Waals surface area contributed by atoms with Gasteiger partial charge in [0.1, 0.15) is 0 Å². The Morgan fingerprint density at radius 3 is 2.46 bits per heavy atom. The first-order valence-corrected chi connectivity index (χ1v) is 8.83. The van der Waals surface area contributed by atoms with E-state index in [1.807, 2.05) is 19.1 Å². The zero-order chi connectivity index (χ0) is 17.7. The number of carbonyl (C=O) groups is 1. The normalized spacial score (nSPS) is 12.5. The van der Waals surface area contributed by atoms with Gasteiger partial charge in [0.05, 0.1) is 10.9 Å². The van der Waals surface area contributed by atoms with Crippen molar-refractivity contribution < 1.29 is 13.2 Å². The maximum atomic E-state index is 12.2. The number of aryl methyl sites for hydroxylation is 1. The molecule has 24 heavy (non-hydrogen) atoms. The number of nitrogens with one attached hydrogen (secondary N) is 3. The molecule has 0 aliphatic carbocycles. The molecule has 2 amide bonds. The lowest BCUT2D eigenvalue weighted by Gasteiger charge is -2.16. The summed E-state index contributed by atoms with van der Waals surface area (Å²) in [6.45, 7) is 3.64. The number of rotatable bonds is 5. The second-order valence-corrected chi connectivity index (χ2v) is 7.17. The van der Waals surface area contributed by atoms with Crippen molar-refractivity contribution in [1.29, 1.82) is 0 Å². The van der Waals surface area contributed by atoms with Gasteiger partial charge in [-0.2, -0.15) is 0 Å². The van der Waals surface area contributed by atoms with Crippen LogP contribution in [-0.2, 0) is 10.0 Å². The van der Waals surface area contributed by atoms with Crippen molar-refractivity contribution in [3.63, 3.8) is 0 Å². The van der Waals surface area contributed by atoms with Crippen molar-refractivity contribution in [2.75, 3.05) is 12.4 Å². The first-order valence-electron chi connectivity index (χ1n) is 7.35. The van der Waals surface area contributed by atoms with E-state index in [9.17, 15) is 13.2 Å². The molecule has 0 spiro atoms. The number of amides is 2. The predicted molar refractivity (Wildman–Crippen MR) is 92.2 cm³/mol. The van der Waals surface area contributed by atoms with E-state index in [4.69, 9.17) is 0 Å². The number of aromatic nitrogens is 1. The third-order valence-electron chi connectivity index (χ3n) is 3.59. The Bertz CT molecular complexity index is 822. The summed E-state index contributed by atoms with van der Waals surface area (Å²) < 4.78 is 26.0. The molecule has 8 heteroatoms. The number of nitrogens with zero attached hydrogens (tertiary/aromatic N) is 1. The number of anilines is 1. The number of hydrogen-bond acceptors (Lipinski definition) is 4. The average Bonchev–Trinajstić information content (AvgIpc) is 2.57. The molecule has 3 N–H and O–H groups in total. The van der Waals surface area contributed by atoms with E-state index in [2.05, 4.69) is 20.3 Å². The summed E-state index contributed by atoms with van der Waals surface area (Å²) in [5.41, 5.74) is 2.12. The van der Waals surface area contributed by atoms with Crippen LogP contribution in [0.3, 0.4) is 0 Å². The molecule has 0 radical (unpaired) electrons. The monoisotopic (exact) mass is 348 g/mol. The predicted octanol–water partition coefficient (Wildman–Crippen LogP) is 2.18. The van der Waals surface area contributed by atoms with E-state index in [0.29, 0.717) is 5.69 Å². The van der Waals surface area contributed by atoms with Gasteiger partial charge in [0.15, 0.2) is 0 Å². The highest BCUT2D eigenvalue weighted by atomic mass is 32.2. The number of pyridine rings is 1. The maximum Gasteiger partial charge on any atom is 0.319 e. The van der Waals surface area contributed by atoms with Gasteiger partial charge in [-0.05, 0) is 56.3 Å². The summed E-state index contributed by atoms with van der Waals surface area (Å²) in [7, 11) is -2.23. The zero-order valence-electron chi connectivity index (χ0n) is 13.7. The molecule has 1 aromatic heterocycles. The number of hydrogen-bond donors (Lipinski definition) is 3. The van der Waals surface area contributed by atoms with Crippen LogP contribution in [0.4, 0.5) is 10.5 Å². The van der Waals surface area contributed by atoms with Crippen molar-refractivity contribution in [3.05, 3.63) is 53.9 Å². The molecule has 7 nitrogen and oxygen atoms in total. The van der Waals surface area contributed by atoms with E-state index < -0.39 is 16.1 Å². The lowest BCUT2D eigenvalue weighted by atomic mass is 10.1. The molecule has 0 aliphatic heterocycles. The molecule has 0 saturated heterocycles. The van der Waals surface area contributed by atoms with Crippen LogP contribution in [0.25, 0.3) is 0 Å². The fourth-order valence-corrected chi connectivity index (χ4v) is 2.87. The van der Waals surface area contributed by atoms with Crippen LogP contribution >= 0.6 is 0 Å². The van der Waals surface area contributed by atoms with Gasteiger partial charge in [-0.15, -0.1) is 0 Å². The zero-order valence-corrected chi connectivity index (χ0v) is 14.5. The van der Waals surface area contributed by atoms with Gasteiger partial charge in [0.2, 0.25) is 10.0 Å². The van der Waals surface area contributed by atoms with Gasteiger partial charge in [-0.3, -0.25) is 4.98 Å². The fraction of sp³-hybridized carbons (Fsp3) is 0.250. The van der Waals surface area contributed by atoms with E-state index in [0.717, 1.165) is 11.1 Å². The van der Waals surface area contributed by atoms with Gasteiger partial charge in [-0.25, -0.2) is 17.9 Å². The molecule has 1 heterocycles. The van der Waals surface area contributed by atoms with Gasteiger partial charge in [0, 0.05) is 18.1 Å². The Morgan fingerprint density at radius 2 is 1.83 bits per heavy atom. The molecule has 0 saturated carbocycles. The van der Waals surface area contributed by atoms with Crippen molar-refractivity contribution >= 4 is 21.7 Å². The SMILES string of the molecule is CNS(=O)(=O)c1ccc(C)c(NC(=O)NC(C)c2ccncc2)c1. The number of urea groups is 1. The van der Waals surface area contributed by atoms with E-state index in [1.165, 1.54) is 19.2 Å². The molecule has 2 rings (SSSR count). The minimum Gasteiger partial charge on any atom is -0.331 e. The Kier molecular flexibility index (Phi) is 5.53. The Morgan fingerprint density at radius 1 is 1.17 bits per heavy atom. The number of sulfonamides is 1. The second-order valence-electron chi connectivity index (χ2n) is 5.28. The van der Waals surface area contributed by atoms with Crippen LogP contribution in [0.2, 0.25) is 0 Å². The molecule has 0 bridgehead atoms. The van der Waals surface area contributed by atoms with Crippen LogP contribution in [0.15, 0.2) is 47.6 Å². The third-order valence-corrected chi connectivity index (χ3v) is 5.00. The summed E-state index contributed by atoms with van der Waals surface area (Å²) in [5.74, 6) is 0. The smallest absolute Gasteiger partial charge is 0.319 e. The van der Waals surface area contributed by atoms with E-state index in [-0.39, 0.29) is 10.9 Å². The highest BCUT2D eigenvalue weighted by Crippen LogP contribution is 2.20. The van der Waals surface area contributed by atoms with Crippen LogP contribution in [0, 0.1) is 6.92 Å². The summed E-state index contributed by atoms with van der Waals surface area (Å²) in [5, 5.41) is 5.49. The molecule has 1 atom stereocenters. The molecule has 0 aliphatic rings. The molecular weight excluding hydrogens is 328 g/mol. The summed E-state index contributed by atoms with van der Waals surface area (Å²) in [6, 6.07) is 7.57. The van der Waals surface area contributed by atoms with Crippen LogP contribution in [0.1, 0.15) is 24.1 Å². The van der Waals surface area contributed by atoms with Gasteiger partial charge in [-0.1, -0.05) is 6.07 Å². The first-order chi connectivity index (χ1) is 11.3. The maximum absolute atomic E-state index is 12.2. The van der Waals surface area contributed by atoms with E-state index in [1.54, 1.807) is 25.4 Å². The molecule has 2 aromatic rings. The quantitative estimate of drug-likeness (QED) is 0.771. The number of benzene rings is 1. The second kappa shape index (κ2) is 7.41. The lowest BCUT2D eigenvalue weighted by molar-refractivity contribution is 0.249. The molecule has 1 aromatic carbocycles. The fourth-order valence-electron chi connectivity index (χ4n) is 2.11. The van der Waals surface area contributed by atoms with Crippen molar-refractivity contribution in [2.24, 2.45) is 0 Å². The van der Waals surface area contributed by atoms with E-state index >= 15 is 0 Å². The largest absolute Gasteiger partial charge is 0.331 e. The Balaban J connectivity index is 2.13. The third kappa shape index (κ3) is 4.30. The van der Waals surface area contributed by atoms with Crippen molar-refractivity contribution in [1.82, 2.24) is 15.0 Å². The van der Waals surface area contributed by atoms with Crippen LogP contribution in [0.5, 0.6) is 0 Å².